The van der Waals surface area contributed by atoms with E-state index in [9.17, 15) is 0 Å². The maximum Gasteiger partial charge on any atom is 0.0766 e. The van der Waals surface area contributed by atoms with Crippen molar-refractivity contribution in [3.05, 3.63) is 46.0 Å². The van der Waals surface area contributed by atoms with E-state index in [4.69, 9.17) is 0 Å². The molecule has 0 spiro atoms. The second-order valence-electron chi connectivity index (χ2n) is 5.21. The molecule has 0 saturated carbocycles. The van der Waals surface area contributed by atoms with Crippen molar-refractivity contribution in [3.8, 4) is 0 Å². The predicted octanol–water partition coefficient (Wildman–Crippen LogP) is 2.90. The third kappa shape index (κ3) is 4.14. The maximum absolute atomic E-state index is 4.58. The van der Waals surface area contributed by atoms with E-state index in [0.717, 1.165) is 36.0 Å². The molecule has 1 atom stereocenters. The van der Waals surface area contributed by atoms with Crippen molar-refractivity contribution in [2.24, 2.45) is 7.05 Å². The predicted molar refractivity (Wildman–Crippen MR) is 89.4 cm³/mol. The van der Waals surface area contributed by atoms with Crippen LogP contribution in [0.3, 0.4) is 0 Å². The van der Waals surface area contributed by atoms with Gasteiger partial charge in [-0.15, -0.1) is 0 Å². The van der Waals surface area contributed by atoms with Gasteiger partial charge < -0.3 is 5.32 Å². The molecule has 2 aromatic heterocycles. The summed E-state index contributed by atoms with van der Waals surface area (Å²) in [4.78, 5) is 4.20. The van der Waals surface area contributed by atoms with Crippen LogP contribution in [0.2, 0.25) is 0 Å². The molecule has 1 N–H and O–H groups in total. The molecular formula is C16H23BrN4. The second-order valence-corrected chi connectivity index (χ2v) is 6.00. The SMILES string of the molecule is CCNC(Cc1cccnc1)Cc1c(Br)c(CC)nn1C. The molecule has 0 aromatic carbocycles. The number of rotatable bonds is 7. The Labute approximate surface area is 135 Å². The van der Waals surface area contributed by atoms with Crippen LogP contribution in [0.4, 0.5) is 0 Å². The van der Waals surface area contributed by atoms with Crippen LogP contribution in [-0.2, 0) is 26.3 Å². The van der Waals surface area contributed by atoms with Crippen LogP contribution >= 0.6 is 15.9 Å². The molecule has 114 valence electrons. The Morgan fingerprint density at radius 3 is 2.71 bits per heavy atom. The molecule has 2 aromatic rings. The normalized spacial score (nSPS) is 12.6. The minimum atomic E-state index is 0.385. The van der Waals surface area contributed by atoms with Crippen LogP contribution in [-0.4, -0.2) is 27.4 Å². The number of halogens is 1. The Hall–Kier alpha value is -1.20. The lowest BCUT2D eigenvalue weighted by molar-refractivity contribution is 0.503. The molecule has 0 aliphatic rings. The summed E-state index contributed by atoms with van der Waals surface area (Å²) in [6.07, 6.45) is 6.63. The molecule has 1 unspecified atom stereocenters. The Kier molecular flexibility index (Phi) is 5.94. The number of pyridine rings is 1. The van der Waals surface area contributed by atoms with E-state index >= 15 is 0 Å². The lowest BCUT2D eigenvalue weighted by Gasteiger charge is -2.18. The summed E-state index contributed by atoms with van der Waals surface area (Å²) in [6.45, 7) is 5.24. The molecule has 0 amide bonds. The first-order chi connectivity index (χ1) is 10.2. The highest BCUT2D eigenvalue weighted by Crippen LogP contribution is 2.23. The Morgan fingerprint density at radius 2 is 2.14 bits per heavy atom. The van der Waals surface area contributed by atoms with Crippen LogP contribution in [0.1, 0.15) is 30.8 Å². The van der Waals surface area contributed by atoms with Gasteiger partial charge in [0.05, 0.1) is 15.9 Å². The quantitative estimate of drug-likeness (QED) is 0.834. The van der Waals surface area contributed by atoms with Crippen LogP contribution in [0.25, 0.3) is 0 Å². The molecule has 0 saturated heterocycles. The fourth-order valence-electron chi connectivity index (χ4n) is 2.58. The van der Waals surface area contributed by atoms with Gasteiger partial charge in [0, 0.05) is 31.9 Å². The monoisotopic (exact) mass is 350 g/mol. The van der Waals surface area contributed by atoms with E-state index in [-0.39, 0.29) is 0 Å². The van der Waals surface area contributed by atoms with E-state index < -0.39 is 0 Å². The number of hydrogen-bond acceptors (Lipinski definition) is 3. The van der Waals surface area contributed by atoms with Crippen molar-refractivity contribution in [3.63, 3.8) is 0 Å². The molecule has 0 bridgehead atoms. The smallest absolute Gasteiger partial charge is 0.0766 e. The van der Waals surface area contributed by atoms with Gasteiger partial charge in [-0.2, -0.15) is 5.10 Å². The molecule has 0 fully saturated rings. The van der Waals surface area contributed by atoms with E-state index in [1.54, 1.807) is 0 Å². The largest absolute Gasteiger partial charge is 0.314 e. The molecule has 2 heterocycles. The number of nitrogens with zero attached hydrogens (tertiary/aromatic N) is 3. The van der Waals surface area contributed by atoms with E-state index in [2.05, 4.69) is 51.2 Å². The van der Waals surface area contributed by atoms with E-state index in [1.807, 2.05) is 30.2 Å². The first-order valence-corrected chi connectivity index (χ1v) is 8.27. The van der Waals surface area contributed by atoms with Crippen molar-refractivity contribution in [1.82, 2.24) is 20.1 Å². The fraction of sp³-hybridized carbons (Fsp3) is 0.500. The average Bonchev–Trinajstić information content (AvgIpc) is 2.76. The van der Waals surface area contributed by atoms with Crippen LogP contribution in [0.5, 0.6) is 0 Å². The fourth-order valence-corrected chi connectivity index (χ4v) is 3.36. The Bertz CT molecular complexity index is 565. The summed E-state index contributed by atoms with van der Waals surface area (Å²) in [5.41, 5.74) is 3.64. The van der Waals surface area contributed by atoms with Crippen molar-refractivity contribution < 1.29 is 0 Å². The Morgan fingerprint density at radius 1 is 1.33 bits per heavy atom. The second kappa shape index (κ2) is 7.71. The van der Waals surface area contributed by atoms with Gasteiger partial charge in [-0.1, -0.05) is 19.9 Å². The zero-order valence-electron chi connectivity index (χ0n) is 12.9. The van der Waals surface area contributed by atoms with Crippen molar-refractivity contribution >= 4 is 15.9 Å². The molecule has 21 heavy (non-hydrogen) atoms. The highest BCUT2D eigenvalue weighted by Gasteiger charge is 2.17. The first kappa shape index (κ1) is 16.2. The lowest BCUT2D eigenvalue weighted by Crippen LogP contribution is -2.33. The topological polar surface area (TPSA) is 42.7 Å². The number of aromatic nitrogens is 3. The molecular weight excluding hydrogens is 328 g/mol. The standard InChI is InChI=1S/C16H23BrN4/c1-4-14-16(17)15(21(3)20-14)10-13(19-5-2)9-12-7-6-8-18-11-12/h6-8,11,13,19H,4-5,9-10H2,1-3H3. The molecule has 5 heteroatoms. The van der Waals surface area contributed by atoms with Crippen molar-refractivity contribution in [2.45, 2.75) is 39.2 Å². The Balaban J connectivity index is 2.14. The minimum absolute atomic E-state index is 0.385. The molecule has 0 radical (unpaired) electrons. The molecule has 0 aliphatic carbocycles. The number of likely N-dealkylation sites (N-methyl/N-ethyl adjacent to an activating group) is 1. The third-order valence-corrected chi connectivity index (χ3v) is 4.56. The van der Waals surface area contributed by atoms with Gasteiger partial charge in [0.1, 0.15) is 0 Å². The van der Waals surface area contributed by atoms with Gasteiger partial charge in [-0.3, -0.25) is 9.67 Å². The van der Waals surface area contributed by atoms with Crippen LogP contribution in [0.15, 0.2) is 29.0 Å². The maximum atomic E-state index is 4.58. The molecule has 4 nitrogen and oxygen atoms in total. The number of nitrogens with one attached hydrogen (secondary N) is 1. The zero-order chi connectivity index (χ0) is 15.2. The van der Waals surface area contributed by atoms with Crippen molar-refractivity contribution in [2.75, 3.05) is 6.54 Å². The summed E-state index contributed by atoms with van der Waals surface area (Å²) >= 11 is 3.70. The minimum Gasteiger partial charge on any atom is -0.314 e. The van der Waals surface area contributed by atoms with Gasteiger partial charge in [0.2, 0.25) is 0 Å². The average molecular weight is 351 g/mol. The summed E-state index contributed by atoms with van der Waals surface area (Å²) in [6, 6.07) is 4.51. The molecule has 2 rings (SSSR count). The first-order valence-electron chi connectivity index (χ1n) is 7.48. The van der Waals surface area contributed by atoms with E-state index in [1.165, 1.54) is 11.3 Å². The number of aryl methyl sites for hydroxylation is 2. The summed E-state index contributed by atoms with van der Waals surface area (Å²) < 4.78 is 3.15. The summed E-state index contributed by atoms with van der Waals surface area (Å²) in [5.74, 6) is 0. The van der Waals surface area contributed by atoms with Crippen molar-refractivity contribution in [1.29, 1.82) is 0 Å². The van der Waals surface area contributed by atoms with Gasteiger partial charge in [-0.25, -0.2) is 0 Å². The van der Waals surface area contributed by atoms with Gasteiger partial charge in [0.25, 0.3) is 0 Å². The zero-order valence-corrected chi connectivity index (χ0v) is 14.5. The van der Waals surface area contributed by atoms with Crippen LogP contribution in [0, 0.1) is 0 Å². The summed E-state index contributed by atoms with van der Waals surface area (Å²) in [5, 5.41) is 8.15. The third-order valence-electron chi connectivity index (χ3n) is 3.64. The summed E-state index contributed by atoms with van der Waals surface area (Å²) in [7, 11) is 2.02. The van der Waals surface area contributed by atoms with Gasteiger partial charge in [0.15, 0.2) is 0 Å². The van der Waals surface area contributed by atoms with Gasteiger partial charge >= 0.3 is 0 Å². The van der Waals surface area contributed by atoms with E-state index in [0.29, 0.717) is 6.04 Å². The highest BCUT2D eigenvalue weighted by molar-refractivity contribution is 9.10. The highest BCUT2D eigenvalue weighted by atomic mass is 79.9. The van der Waals surface area contributed by atoms with Gasteiger partial charge in [-0.05, 0) is 46.9 Å². The van der Waals surface area contributed by atoms with Crippen LogP contribution < -0.4 is 5.32 Å². The lowest BCUT2D eigenvalue weighted by atomic mass is 10.0. The molecule has 0 aliphatic heterocycles. The number of hydrogen-bond donors (Lipinski definition) is 1.